The normalized spacial score (nSPS) is 12.0. The number of nitrogens with one attached hydrogen (secondary N) is 3. The summed E-state index contributed by atoms with van der Waals surface area (Å²) in [5.41, 5.74) is 2.38. The highest BCUT2D eigenvalue weighted by molar-refractivity contribution is 5.44. The molecule has 5 heteroatoms. The van der Waals surface area contributed by atoms with Crippen LogP contribution in [0.15, 0.2) is 59.5 Å². The molecule has 1 unspecified atom stereocenters. The molecule has 0 aliphatic heterocycles. The van der Waals surface area contributed by atoms with Crippen LogP contribution in [0.25, 0.3) is 0 Å². The van der Waals surface area contributed by atoms with E-state index in [1.807, 2.05) is 55.5 Å². The van der Waals surface area contributed by atoms with Crippen molar-refractivity contribution >= 4 is 5.82 Å². The van der Waals surface area contributed by atoms with Crippen LogP contribution < -0.4 is 10.9 Å². The Morgan fingerprint density at radius 2 is 1.81 bits per heavy atom. The Morgan fingerprint density at radius 3 is 2.43 bits per heavy atom. The molecule has 0 bridgehead atoms. The highest BCUT2D eigenvalue weighted by atomic mass is 16.1. The van der Waals surface area contributed by atoms with Gasteiger partial charge in [-0.3, -0.25) is 9.89 Å². The van der Waals surface area contributed by atoms with E-state index in [-0.39, 0.29) is 11.6 Å². The Balaban J connectivity index is 2.06. The summed E-state index contributed by atoms with van der Waals surface area (Å²) in [6.45, 7) is 1.88. The third-order valence-electron chi connectivity index (χ3n) is 3.39. The fourth-order valence-electron chi connectivity index (χ4n) is 2.37. The third-order valence-corrected chi connectivity index (χ3v) is 3.39. The minimum atomic E-state index is -0.254. The van der Waals surface area contributed by atoms with Gasteiger partial charge < -0.3 is 10.4 Å². The lowest BCUT2D eigenvalue weighted by molar-refractivity contribution is 0.907. The Morgan fingerprint density at radius 1 is 1.05 bits per heavy atom. The van der Waals surface area contributed by atoms with Crippen molar-refractivity contribution < 1.29 is 0 Å². The zero-order valence-corrected chi connectivity index (χ0v) is 11.6. The van der Waals surface area contributed by atoms with E-state index >= 15 is 0 Å². The standard InChI is InChI=1S/C16H16N4O/c1-11-14(16(21)20-19-11)15(12-7-3-2-4-8-12)18-13-9-5-6-10-17-13/h2-10,15H,1H3,(H,17,18)(H2,19,20,21). The van der Waals surface area contributed by atoms with Gasteiger partial charge in [0.1, 0.15) is 5.82 Å². The summed E-state index contributed by atoms with van der Waals surface area (Å²) in [6, 6.07) is 15.2. The van der Waals surface area contributed by atoms with Gasteiger partial charge in [-0.2, -0.15) is 0 Å². The number of hydrogen-bond acceptors (Lipinski definition) is 3. The first-order chi connectivity index (χ1) is 10.3. The van der Waals surface area contributed by atoms with Crippen LogP contribution in [0.5, 0.6) is 0 Å². The van der Waals surface area contributed by atoms with Gasteiger partial charge in [-0.1, -0.05) is 36.4 Å². The molecule has 3 aromatic rings. The molecule has 2 aromatic heterocycles. The quantitative estimate of drug-likeness (QED) is 0.687. The maximum absolute atomic E-state index is 12.1. The maximum atomic E-state index is 12.1. The summed E-state index contributed by atoms with van der Waals surface area (Å²) in [6.07, 6.45) is 1.72. The smallest absolute Gasteiger partial charge is 0.269 e. The average molecular weight is 280 g/mol. The second kappa shape index (κ2) is 5.66. The average Bonchev–Trinajstić information content (AvgIpc) is 2.86. The molecule has 21 heavy (non-hydrogen) atoms. The number of nitrogens with zero attached hydrogens (tertiary/aromatic N) is 1. The minimum Gasteiger partial charge on any atom is -0.359 e. The van der Waals surface area contributed by atoms with Crippen LogP contribution in [0.2, 0.25) is 0 Å². The third kappa shape index (κ3) is 2.72. The van der Waals surface area contributed by atoms with Gasteiger partial charge >= 0.3 is 0 Å². The molecule has 3 rings (SSSR count). The van der Waals surface area contributed by atoms with Crippen molar-refractivity contribution in [3.05, 3.63) is 81.9 Å². The summed E-state index contributed by atoms with van der Waals surface area (Å²) in [5, 5.41) is 8.84. The molecule has 0 amide bonds. The van der Waals surface area contributed by atoms with Gasteiger partial charge in [0.05, 0.1) is 11.6 Å². The fraction of sp³-hybridized carbons (Fsp3) is 0.125. The van der Waals surface area contributed by atoms with Crippen molar-refractivity contribution in [1.82, 2.24) is 15.2 Å². The van der Waals surface area contributed by atoms with E-state index in [4.69, 9.17) is 0 Å². The van der Waals surface area contributed by atoms with Crippen LogP contribution in [-0.2, 0) is 0 Å². The predicted molar refractivity (Wildman–Crippen MR) is 82.3 cm³/mol. The number of rotatable bonds is 4. The van der Waals surface area contributed by atoms with E-state index in [9.17, 15) is 4.79 Å². The van der Waals surface area contributed by atoms with Crippen LogP contribution in [-0.4, -0.2) is 15.2 Å². The largest absolute Gasteiger partial charge is 0.359 e. The van der Waals surface area contributed by atoms with Crippen LogP contribution >= 0.6 is 0 Å². The molecule has 0 fully saturated rings. The summed E-state index contributed by atoms with van der Waals surface area (Å²) in [5.74, 6) is 0.728. The second-order valence-corrected chi connectivity index (χ2v) is 4.82. The number of benzene rings is 1. The number of aryl methyl sites for hydroxylation is 1. The monoisotopic (exact) mass is 280 g/mol. The van der Waals surface area contributed by atoms with Gasteiger partial charge in [-0.25, -0.2) is 4.98 Å². The topological polar surface area (TPSA) is 73.6 Å². The first-order valence-corrected chi connectivity index (χ1v) is 6.75. The molecule has 5 nitrogen and oxygen atoms in total. The summed E-state index contributed by atoms with van der Waals surface area (Å²) in [4.78, 5) is 16.4. The fourth-order valence-corrected chi connectivity index (χ4v) is 2.37. The van der Waals surface area contributed by atoms with Crippen LogP contribution in [0.3, 0.4) is 0 Å². The van der Waals surface area contributed by atoms with Gasteiger partial charge in [0.25, 0.3) is 5.56 Å². The van der Waals surface area contributed by atoms with Gasteiger partial charge in [0.15, 0.2) is 0 Å². The van der Waals surface area contributed by atoms with Crippen molar-refractivity contribution in [2.45, 2.75) is 13.0 Å². The highest BCUT2D eigenvalue weighted by Crippen LogP contribution is 2.25. The molecule has 0 aliphatic carbocycles. The molecule has 1 atom stereocenters. The molecule has 106 valence electrons. The summed E-state index contributed by atoms with van der Waals surface area (Å²) < 4.78 is 0. The zero-order chi connectivity index (χ0) is 14.7. The van der Waals surface area contributed by atoms with Crippen molar-refractivity contribution in [3.63, 3.8) is 0 Å². The van der Waals surface area contributed by atoms with Gasteiger partial charge in [0.2, 0.25) is 0 Å². The molecule has 3 N–H and O–H groups in total. The van der Waals surface area contributed by atoms with Crippen LogP contribution in [0.1, 0.15) is 22.9 Å². The van der Waals surface area contributed by atoms with E-state index < -0.39 is 0 Å². The van der Waals surface area contributed by atoms with Crippen LogP contribution in [0.4, 0.5) is 5.82 Å². The van der Waals surface area contributed by atoms with Gasteiger partial charge in [-0.15, -0.1) is 0 Å². The Kier molecular flexibility index (Phi) is 3.55. The first-order valence-electron chi connectivity index (χ1n) is 6.75. The summed E-state index contributed by atoms with van der Waals surface area (Å²) in [7, 11) is 0. The Labute approximate surface area is 122 Å². The minimum absolute atomic E-state index is 0.121. The lowest BCUT2D eigenvalue weighted by Crippen LogP contribution is -2.20. The van der Waals surface area contributed by atoms with E-state index in [0.29, 0.717) is 5.56 Å². The van der Waals surface area contributed by atoms with Crippen molar-refractivity contribution in [1.29, 1.82) is 0 Å². The van der Waals surface area contributed by atoms with E-state index in [1.165, 1.54) is 0 Å². The lowest BCUT2D eigenvalue weighted by atomic mass is 9.99. The van der Waals surface area contributed by atoms with E-state index in [0.717, 1.165) is 17.1 Å². The SMILES string of the molecule is Cc1[nH][nH]c(=O)c1C(Nc1ccccn1)c1ccccc1. The molecule has 0 aliphatic rings. The molecule has 0 radical (unpaired) electrons. The number of anilines is 1. The molecule has 2 heterocycles. The predicted octanol–water partition coefficient (Wildman–Crippen LogP) is 2.61. The van der Waals surface area contributed by atoms with E-state index in [2.05, 4.69) is 20.5 Å². The molecule has 1 aromatic carbocycles. The van der Waals surface area contributed by atoms with Crippen LogP contribution in [0, 0.1) is 6.92 Å². The number of aromatic nitrogens is 3. The molecular weight excluding hydrogens is 264 g/mol. The van der Waals surface area contributed by atoms with Crippen molar-refractivity contribution in [2.75, 3.05) is 5.32 Å². The molecule has 0 saturated carbocycles. The van der Waals surface area contributed by atoms with E-state index in [1.54, 1.807) is 6.20 Å². The number of hydrogen-bond donors (Lipinski definition) is 3. The first kappa shape index (κ1) is 13.2. The van der Waals surface area contributed by atoms with Crippen molar-refractivity contribution in [3.8, 4) is 0 Å². The second-order valence-electron chi connectivity index (χ2n) is 4.82. The zero-order valence-electron chi connectivity index (χ0n) is 11.6. The Hall–Kier alpha value is -2.82. The maximum Gasteiger partial charge on any atom is 0.269 e. The number of pyridine rings is 1. The highest BCUT2D eigenvalue weighted by Gasteiger charge is 2.21. The Bertz CT molecular complexity index is 762. The molecular formula is C16H16N4O. The van der Waals surface area contributed by atoms with Crippen molar-refractivity contribution in [2.24, 2.45) is 0 Å². The van der Waals surface area contributed by atoms with Gasteiger partial charge in [0, 0.05) is 11.9 Å². The lowest BCUT2D eigenvalue weighted by Gasteiger charge is -2.19. The number of H-pyrrole nitrogens is 2. The number of aromatic amines is 2. The van der Waals surface area contributed by atoms with Gasteiger partial charge in [-0.05, 0) is 24.6 Å². The molecule has 0 saturated heterocycles. The summed E-state index contributed by atoms with van der Waals surface area (Å²) >= 11 is 0. The molecule has 0 spiro atoms.